The molecule has 0 saturated carbocycles. The third-order valence-electron chi connectivity index (χ3n) is 4.35. The molecule has 0 fully saturated rings. The molecule has 3 aromatic heterocycles. The van der Waals surface area contributed by atoms with Gasteiger partial charge in [0.15, 0.2) is 0 Å². The summed E-state index contributed by atoms with van der Waals surface area (Å²) in [5.41, 5.74) is 3.56. The average molecular weight is 333 g/mol. The van der Waals surface area contributed by atoms with Gasteiger partial charge < -0.3 is 14.4 Å². The molecule has 3 heterocycles. The Hall–Kier alpha value is -3.41. The second-order valence-electron chi connectivity index (χ2n) is 5.77. The van der Waals surface area contributed by atoms with Gasteiger partial charge in [-0.1, -0.05) is 6.07 Å². The number of aryl methyl sites for hydroxylation is 1. The van der Waals surface area contributed by atoms with Crippen LogP contribution in [0.2, 0.25) is 0 Å². The molecule has 1 aromatic carbocycles. The van der Waals surface area contributed by atoms with E-state index >= 15 is 0 Å². The maximum absolute atomic E-state index is 11.3. The lowest BCUT2D eigenvalue weighted by atomic mass is 10.1. The number of carboxylic acids is 1. The van der Waals surface area contributed by atoms with E-state index in [9.17, 15) is 9.90 Å². The molecule has 0 unspecified atom stereocenters. The first-order chi connectivity index (χ1) is 12.1. The molecule has 0 amide bonds. The van der Waals surface area contributed by atoms with Crippen LogP contribution in [-0.4, -0.2) is 32.7 Å². The van der Waals surface area contributed by atoms with Crippen LogP contribution >= 0.6 is 0 Å². The Kier molecular flexibility index (Phi) is 3.39. The number of aromatic nitrogens is 3. The first-order valence-corrected chi connectivity index (χ1v) is 7.70. The highest BCUT2D eigenvalue weighted by molar-refractivity contribution is 5.96. The summed E-state index contributed by atoms with van der Waals surface area (Å²) in [6, 6.07) is 11.2. The lowest BCUT2D eigenvalue weighted by molar-refractivity contribution is 0.0687. The van der Waals surface area contributed by atoms with Crippen molar-refractivity contribution < 1.29 is 14.6 Å². The second kappa shape index (κ2) is 5.59. The lowest BCUT2D eigenvalue weighted by Gasteiger charge is -2.09. The third-order valence-corrected chi connectivity index (χ3v) is 4.35. The van der Waals surface area contributed by atoms with Crippen molar-refractivity contribution in [3.05, 3.63) is 54.5 Å². The first kappa shape index (κ1) is 15.1. The van der Waals surface area contributed by atoms with Gasteiger partial charge in [-0.3, -0.25) is 4.98 Å². The van der Waals surface area contributed by atoms with E-state index in [2.05, 4.69) is 9.97 Å². The third kappa shape index (κ3) is 2.39. The van der Waals surface area contributed by atoms with Crippen LogP contribution in [0, 0.1) is 0 Å². The van der Waals surface area contributed by atoms with Gasteiger partial charge in [0.1, 0.15) is 11.4 Å². The number of fused-ring (bicyclic) bond motifs is 2. The molecule has 0 aliphatic heterocycles. The number of methoxy groups -OCH3 is 1. The van der Waals surface area contributed by atoms with Gasteiger partial charge in [-0.25, -0.2) is 9.78 Å². The fourth-order valence-corrected chi connectivity index (χ4v) is 3.07. The molecular weight excluding hydrogens is 318 g/mol. The lowest BCUT2D eigenvalue weighted by Crippen LogP contribution is -2.03. The minimum atomic E-state index is -0.946. The van der Waals surface area contributed by atoms with Crippen molar-refractivity contribution in [3.8, 4) is 17.0 Å². The smallest absolute Gasteiger partial charge is 0.352 e. The summed E-state index contributed by atoms with van der Waals surface area (Å²) in [6.07, 6.45) is 3.42. The molecule has 6 nitrogen and oxygen atoms in total. The number of benzene rings is 1. The molecule has 0 radical (unpaired) electrons. The maximum atomic E-state index is 11.3. The van der Waals surface area contributed by atoms with Crippen molar-refractivity contribution in [1.82, 2.24) is 14.5 Å². The van der Waals surface area contributed by atoms with Crippen molar-refractivity contribution in [2.24, 2.45) is 7.05 Å². The van der Waals surface area contributed by atoms with Gasteiger partial charge in [0, 0.05) is 42.0 Å². The number of hydrogen-bond donors (Lipinski definition) is 1. The molecule has 0 atom stereocenters. The summed E-state index contributed by atoms with van der Waals surface area (Å²) >= 11 is 0. The summed E-state index contributed by atoms with van der Waals surface area (Å²) in [5.74, 6) is -0.245. The zero-order valence-corrected chi connectivity index (χ0v) is 13.7. The summed E-state index contributed by atoms with van der Waals surface area (Å²) in [6.45, 7) is 0. The summed E-state index contributed by atoms with van der Waals surface area (Å²) < 4.78 is 7.14. The monoisotopic (exact) mass is 333 g/mol. The predicted molar refractivity (Wildman–Crippen MR) is 95.0 cm³/mol. The van der Waals surface area contributed by atoms with E-state index in [4.69, 9.17) is 4.74 Å². The van der Waals surface area contributed by atoms with Crippen LogP contribution in [-0.2, 0) is 7.05 Å². The molecule has 0 aliphatic rings. The Balaban J connectivity index is 1.92. The standard InChI is InChI=1S/C19H15N3O3/c1-22-16-4-3-11(7-12(16)8-17(22)19(23)24)15-9-18(25-2)13-10-20-6-5-14(13)21-15/h3-10H,1-2H3,(H,23,24). The quantitative estimate of drug-likeness (QED) is 0.621. The number of rotatable bonds is 3. The van der Waals surface area contributed by atoms with Crippen LogP contribution < -0.4 is 4.74 Å². The average Bonchev–Trinajstić information content (AvgIpc) is 2.97. The van der Waals surface area contributed by atoms with Crippen LogP contribution in [0.4, 0.5) is 0 Å². The number of nitrogens with zero attached hydrogens (tertiary/aromatic N) is 3. The van der Waals surface area contributed by atoms with Gasteiger partial charge in [0.2, 0.25) is 0 Å². The molecule has 25 heavy (non-hydrogen) atoms. The molecule has 1 N–H and O–H groups in total. The molecular formula is C19H15N3O3. The zero-order valence-electron chi connectivity index (χ0n) is 13.7. The fraction of sp³-hybridized carbons (Fsp3) is 0.105. The summed E-state index contributed by atoms with van der Waals surface area (Å²) in [5, 5.41) is 11.0. The van der Waals surface area contributed by atoms with Gasteiger partial charge in [-0.05, 0) is 24.3 Å². The fourth-order valence-electron chi connectivity index (χ4n) is 3.07. The zero-order chi connectivity index (χ0) is 17.6. The predicted octanol–water partition coefficient (Wildman–Crippen LogP) is 3.50. The van der Waals surface area contributed by atoms with Crippen molar-refractivity contribution in [1.29, 1.82) is 0 Å². The van der Waals surface area contributed by atoms with Crippen LogP contribution in [0.25, 0.3) is 33.1 Å². The van der Waals surface area contributed by atoms with Crippen molar-refractivity contribution in [2.75, 3.05) is 7.11 Å². The van der Waals surface area contributed by atoms with Crippen molar-refractivity contribution in [2.45, 2.75) is 0 Å². The molecule has 6 heteroatoms. The molecule has 0 spiro atoms. The number of pyridine rings is 2. The number of hydrogen-bond acceptors (Lipinski definition) is 4. The van der Waals surface area contributed by atoms with Gasteiger partial charge in [0.25, 0.3) is 0 Å². The van der Waals surface area contributed by atoms with Crippen LogP contribution in [0.3, 0.4) is 0 Å². The largest absolute Gasteiger partial charge is 0.496 e. The Morgan fingerprint density at radius 3 is 2.80 bits per heavy atom. The highest BCUT2D eigenvalue weighted by Crippen LogP contribution is 2.31. The second-order valence-corrected chi connectivity index (χ2v) is 5.77. The number of aromatic carboxylic acids is 1. The SMILES string of the molecule is COc1cc(-c2ccc3c(c2)cc(C(=O)O)n3C)nc2ccncc12. The Labute approximate surface area is 143 Å². The van der Waals surface area contributed by atoms with Crippen molar-refractivity contribution in [3.63, 3.8) is 0 Å². The molecule has 124 valence electrons. The minimum absolute atomic E-state index is 0.252. The normalized spacial score (nSPS) is 11.1. The number of ether oxygens (including phenoxy) is 1. The molecule has 0 saturated heterocycles. The van der Waals surface area contributed by atoms with Gasteiger partial charge in [-0.2, -0.15) is 0 Å². The number of carbonyl (C=O) groups is 1. The van der Waals surface area contributed by atoms with E-state index in [0.29, 0.717) is 5.75 Å². The summed E-state index contributed by atoms with van der Waals surface area (Å²) in [7, 11) is 3.36. The van der Waals surface area contributed by atoms with E-state index in [1.54, 1.807) is 37.2 Å². The summed E-state index contributed by atoms with van der Waals surface area (Å²) in [4.78, 5) is 20.1. The molecule has 4 rings (SSSR count). The van der Waals surface area contributed by atoms with Gasteiger partial charge >= 0.3 is 5.97 Å². The maximum Gasteiger partial charge on any atom is 0.352 e. The molecule has 4 aromatic rings. The van der Waals surface area contributed by atoms with E-state index in [-0.39, 0.29) is 5.69 Å². The van der Waals surface area contributed by atoms with E-state index in [1.165, 1.54) is 0 Å². The number of carboxylic acid groups (broad SMARTS) is 1. The van der Waals surface area contributed by atoms with E-state index in [0.717, 1.165) is 33.1 Å². The van der Waals surface area contributed by atoms with Crippen molar-refractivity contribution >= 4 is 27.8 Å². The highest BCUT2D eigenvalue weighted by Gasteiger charge is 2.14. The molecule has 0 bridgehead atoms. The Morgan fingerprint density at radius 2 is 2.04 bits per heavy atom. The minimum Gasteiger partial charge on any atom is -0.496 e. The van der Waals surface area contributed by atoms with Crippen LogP contribution in [0.5, 0.6) is 5.75 Å². The Bertz CT molecular complexity index is 1130. The topological polar surface area (TPSA) is 77.2 Å². The van der Waals surface area contributed by atoms with Crippen LogP contribution in [0.15, 0.2) is 48.8 Å². The van der Waals surface area contributed by atoms with Crippen LogP contribution in [0.1, 0.15) is 10.5 Å². The van der Waals surface area contributed by atoms with Gasteiger partial charge in [-0.15, -0.1) is 0 Å². The van der Waals surface area contributed by atoms with E-state index < -0.39 is 5.97 Å². The highest BCUT2D eigenvalue weighted by atomic mass is 16.5. The van der Waals surface area contributed by atoms with E-state index in [1.807, 2.05) is 30.3 Å². The van der Waals surface area contributed by atoms with Gasteiger partial charge in [0.05, 0.1) is 23.7 Å². The first-order valence-electron chi connectivity index (χ1n) is 7.70. The Morgan fingerprint density at radius 1 is 1.20 bits per heavy atom. The molecule has 0 aliphatic carbocycles.